The first-order valence-corrected chi connectivity index (χ1v) is 1.15. The predicted octanol–water partition coefficient (Wildman–Crippen LogP) is -0.415. The number of anilines is 1. The van der Waals surface area contributed by atoms with Gasteiger partial charge in [-0.1, -0.05) is 0 Å². The van der Waals surface area contributed by atoms with Crippen molar-refractivity contribution in [3.05, 3.63) is 0 Å². The van der Waals surface area contributed by atoms with Crippen molar-refractivity contribution >= 4 is 5.95 Å². The molecule has 5 heavy (non-hydrogen) atoms. The van der Waals surface area contributed by atoms with Crippen LogP contribution in [0, 0.1) is 0 Å². The van der Waals surface area contributed by atoms with Crippen LogP contribution in [-0.4, -0.2) is 10.3 Å². The molecule has 4 nitrogen and oxygen atoms in total. The summed E-state index contributed by atoms with van der Waals surface area (Å²) in [7, 11) is 0. The Bertz CT molecular complexity index is 89.1. The summed E-state index contributed by atoms with van der Waals surface area (Å²) in [6.45, 7) is 0. The number of nitrogens with two attached hydrogens (primary N) is 1. The maximum atomic E-state index is 4.89. The lowest BCUT2D eigenvalue weighted by Crippen LogP contribution is -1.95. The van der Waals surface area contributed by atoms with Crippen LogP contribution in [0.25, 0.3) is 0 Å². The minimum Gasteiger partial charge on any atom is -0.365 e. The molecule has 0 aliphatic rings. The number of nitrogen functional groups attached to an aromatic ring is 1. The van der Waals surface area contributed by atoms with Gasteiger partial charge in [-0.2, -0.15) is 5.16 Å². The lowest BCUT2D eigenvalue weighted by Gasteiger charge is -1.85. The van der Waals surface area contributed by atoms with Gasteiger partial charge in [-0.25, -0.2) is 0 Å². The quantitative estimate of drug-likeness (QED) is 0.438. The minimum atomic E-state index is 0.338. The van der Waals surface area contributed by atoms with Crippen molar-refractivity contribution in [1.82, 2.24) is 10.3 Å². The summed E-state index contributed by atoms with van der Waals surface area (Å²) in [6, 6.07) is 0. The first kappa shape index (κ1) is 2.32. The monoisotopic (exact) mass is 73.0 g/mol. The number of hydrogen-bond acceptors (Lipinski definition) is 3. The number of nitrogens with zero attached hydrogens (tertiary/aromatic N) is 1. The van der Waals surface area contributed by atoms with Crippen molar-refractivity contribution < 1.29 is 4.63 Å². The van der Waals surface area contributed by atoms with Gasteiger partial charge in [-0.05, 0) is 5.16 Å². The number of nitrogens with one attached hydrogen (secondary N) is 1. The smallest absolute Gasteiger partial charge is 0.269 e. The highest BCUT2D eigenvalue weighted by molar-refractivity contribution is 5.05. The Hall–Kier alpha value is -0.930. The molecule has 1 aromatic rings. The molecule has 0 aromatic carbocycles. The van der Waals surface area contributed by atoms with Crippen molar-refractivity contribution in [1.29, 1.82) is 0 Å². The van der Waals surface area contributed by atoms with E-state index in [2.05, 4.69) is 14.9 Å². The van der Waals surface area contributed by atoms with Crippen molar-refractivity contribution in [2.75, 3.05) is 5.73 Å². The number of H-pyrrole nitrogens is 1. The zero-order chi connectivity index (χ0) is 3.70. The van der Waals surface area contributed by atoms with E-state index in [0.717, 1.165) is 0 Å². The van der Waals surface area contributed by atoms with Gasteiger partial charge in [0.2, 0.25) is 0 Å². The molecule has 0 spiro atoms. The van der Waals surface area contributed by atoms with E-state index in [1.807, 2.05) is 0 Å². The second kappa shape index (κ2) is 0.512. The first-order valence-electron chi connectivity index (χ1n) is 1.15. The Balaban J connectivity index is 2.83. The summed E-state index contributed by atoms with van der Waals surface area (Å²) >= 11 is 0. The van der Waals surface area contributed by atoms with E-state index in [1.54, 1.807) is 0 Å². The third kappa shape index (κ3) is 0.137. The molecule has 0 saturated carbocycles. The molecule has 0 fully saturated rings. The molecule has 0 saturated heterocycles. The van der Waals surface area contributed by atoms with Crippen molar-refractivity contribution in [3.8, 4) is 0 Å². The number of aromatic amines is 1. The fourth-order valence-electron chi connectivity index (χ4n) is 0.0983. The van der Waals surface area contributed by atoms with Gasteiger partial charge in [0.05, 0.1) is 0 Å². The maximum Gasteiger partial charge on any atom is 0.269 e. The molecule has 3 N–H and O–H groups in total. The second-order valence-corrected chi connectivity index (χ2v) is 0.670. The highest BCUT2D eigenvalue weighted by Crippen LogP contribution is 1.82. The molecule has 0 aliphatic heterocycles. The standard InChI is InChI=1S/CH3N3O/c2-1-3-5-4-1/h(H3,2,3,4). The van der Waals surface area contributed by atoms with Gasteiger partial charge in [-0.3, -0.25) is 4.63 Å². The van der Waals surface area contributed by atoms with E-state index in [4.69, 9.17) is 5.73 Å². The fourth-order valence-corrected chi connectivity index (χ4v) is 0.0983. The average Bonchev–Trinajstić information content (AvgIpc) is 1.30. The Labute approximate surface area is 27.9 Å². The molecule has 1 rings (SSSR count). The molecular weight excluding hydrogens is 70.0 g/mol. The summed E-state index contributed by atoms with van der Waals surface area (Å²) in [6.07, 6.45) is 0. The normalized spacial score (nSPS) is 8.80. The highest BCUT2D eigenvalue weighted by atomic mass is 16.6. The van der Waals surface area contributed by atoms with Crippen molar-refractivity contribution in [2.45, 2.75) is 0 Å². The van der Waals surface area contributed by atoms with Crippen molar-refractivity contribution in [3.63, 3.8) is 0 Å². The van der Waals surface area contributed by atoms with Crippen LogP contribution >= 0.6 is 0 Å². The van der Waals surface area contributed by atoms with Crippen LogP contribution in [0.2, 0.25) is 0 Å². The van der Waals surface area contributed by atoms with E-state index in [1.165, 1.54) is 0 Å². The SMILES string of the molecule is Nc1no[nH]1. The lowest BCUT2D eigenvalue weighted by molar-refractivity contribution is 0.236. The van der Waals surface area contributed by atoms with Gasteiger partial charge in [0.15, 0.2) is 0 Å². The number of rotatable bonds is 0. The van der Waals surface area contributed by atoms with E-state index >= 15 is 0 Å². The Morgan fingerprint density at radius 2 is 2.40 bits per heavy atom. The third-order valence-electron chi connectivity index (χ3n) is 0.294. The molecule has 1 heterocycles. The van der Waals surface area contributed by atoms with Crippen LogP contribution in [0.4, 0.5) is 5.95 Å². The van der Waals surface area contributed by atoms with Crippen LogP contribution in [0.3, 0.4) is 0 Å². The molecule has 0 bridgehead atoms. The number of aromatic nitrogens is 2. The molecule has 0 aliphatic carbocycles. The summed E-state index contributed by atoms with van der Waals surface area (Å²) < 4.78 is 4.05. The lowest BCUT2D eigenvalue weighted by atomic mass is 11.1. The molecular formula is CH3N3O. The summed E-state index contributed by atoms with van der Waals surface area (Å²) in [5.74, 6) is 0.338. The first-order chi connectivity index (χ1) is 2.39. The zero-order valence-corrected chi connectivity index (χ0v) is 2.43. The zero-order valence-electron chi connectivity index (χ0n) is 2.43. The predicted molar refractivity (Wildman–Crippen MR) is 15.3 cm³/mol. The molecule has 1 aromatic heterocycles. The molecule has 28 valence electrons. The van der Waals surface area contributed by atoms with Gasteiger partial charge in [0.1, 0.15) is 0 Å². The molecule has 0 unspecified atom stereocenters. The molecule has 0 radical (unpaired) electrons. The van der Waals surface area contributed by atoms with E-state index in [0.29, 0.717) is 5.95 Å². The molecule has 4 heteroatoms. The van der Waals surface area contributed by atoms with E-state index < -0.39 is 0 Å². The fraction of sp³-hybridized carbons (Fsp3) is 0. The van der Waals surface area contributed by atoms with Crippen LogP contribution in [0.5, 0.6) is 0 Å². The second-order valence-electron chi connectivity index (χ2n) is 0.670. The molecule has 0 amide bonds. The van der Waals surface area contributed by atoms with Crippen LogP contribution in [0.15, 0.2) is 4.63 Å². The van der Waals surface area contributed by atoms with Crippen molar-refractivity contribution in [2.24, 2.45) is 0 Å². The molecule has 0 atom stereocenters. The van der Waals surface area contributed by atoms with Gasteiger partial charge in [0, 0.05) is 0 Å². The Morgan fingerprint density at radius 3 is 2.40 bits per heavy atom. The highest BCUT2D eigenvalue weighted by Gasteiger charge is 1.80. The summed E-state index contributed by atoms with van der Waals surface area (Å²) in [5, 5.41) is 5.39. The topological polar surface area (TPSA) is 67.8 Å². The average molecular weight is 73.1 g/mol. The maximum absolute atomic E-state index is 4.89. The van der Waals surface area contributed by atoms with E-state index in [9.17, 15) is 0 Å². The van der Waals surface area contributed by atoms with Gasteiger partial charge in [0.25, 0.3) is 5.95 Å². The minimum absolute atomic E-state index is 0.338. The largest absolute Gasteiger partial charge is 0.365 e. The Kier molecular flexibility index (Phi) is 0.237. The number of hydrogen-bond donors (Lipinski definition) is 2. The van der Waals surface area contributed by atoms with Gasteiger partial charge in [-0.15, -0.1) is 0 Å². The third-order valence-corrected chi connectivity index (χ3v) is 0.294. The van der Waals surface area contributed by atoms with Gasteiger partial charge >= 0.3 is 0 Å². The van der Waals surface area contributed by atoms with Crippen LogP contribution in [0.1, 0.15) is 0 Å². The van der Waals surface area contributed by atoms with Crippen LogP contribution in [-0.2, 0) is 0 Å². The summed E-state index contributed by atoms with van der Waals surface area (Å²) in [5.41, 5.74) is 4.89. The van der Waals surface area contributed by atoms with E-state index in [-0.39, 0.29) is 0 Å². The van der Waals surface area contributed by atoms with Gasteiger partial charge < -0.3 is 5.73 Å². The Morgan fingerprint density at radius 1 is 2.00 bits per heavy atom. The summed E-state index contributed by atoms with van der Waals surface area (Å²) in [4.78, 5) is 0. The van der Waals surface area contributed by atoms with Crippen LogP contribution < -0.4 is 5.73 Å².